The van der Waals surface area contributed by atoms with Gasteiger partial charge in [-0.1, -0.05) is 0 Å². The molecule has 0 unspecified atom stereocenters. The van der Waals surface area contributed by atoms with Gasteiger partial charge in [0.2, 0.25) is 0 Å². The van der Waals surface area contributed by atoms with Crippen LogP contribution in [0.25, 0.3) is 0 Å². The number of carbonyl (C=O) groups excluding carboxylic acids is 1. The molecular formula is C16H15F3N4O3. The van der Waals surface area contributed by atoms with E-state index in [1.807, 2.05) is 0 Å². The van der Waals surface area contributed by atoms with E-state index in [0.717, 1.165) is 6.07 Å². The Bertz CT molecular complexity index is 792. The maximum atomic E-state index is 12.5. The number of nitrogens with two attached hydrogens (primary N) is 1. The minimum absolute atomic E-state index is 0.155. The number of hydrazone groups is 1. The van der Waals surface area contributed by atoms with Crippen molar-refractivity contribution in [3.63, 3.8) is 0 Å². The molecule has 0 fully saturated rings. The van der Waals surface area contributed by atoms with Crippen LogP contribution in [0.3, 0.4) is 0 Å². The van der Waals surface area contributed by atoms with Crippen molar-refractivity contribution in [1.82, 2.24) is 4.98 Å². The van der Waals surface area contributed by atoms with Crippen molar-refractivity contribution >= 4 is 17.9 Å². The molecule has 0 radical (unpaired) electrons. The highest BCUT2D eigenvalue weighted by Crippen LogP contribution is 2.29. The van der Waals surface area contributed by atoms with Gasteiger partial charge in [-0.2, -0.15) is 18.3 Å². The molecular weight excluding hydrogens is 353 g/mol. The molecule has 0 atom stereocenters. The summed E-state index contributed by atoms with van der Waals surface area (Å²) in [4.78, 5) is 14.4. The quantitative estimate of drug-likeness (QED) is 0.578. The number of methoxy groups -OCH3 is 1. The molecule has 3 N–H and O–H groups in total. The van der Waals surface area contributed by atoms with Gasteiger partial charge < -0.3 is 15.2 Å². The highest BCUT2D eigenvalue weighted by Gasteiger charge is 2.30. The molecule has 7 nitrogen and oxygen atoms in total. The fourth-order valence-corrected chi connectivity index (χ4v) is 1.83. The summed E-state index contributed by atoms with van der Waals surface area (Å²) in [5.74, 6) is 0.234. The third-order valence-corrected chi connectivity index (χ3v) is 3.04. The number of alkyl halides is 3. The summed E-state index contributed by atoms with van der Waals surface area (Å²) in [6.45, 7) is -0.287. The van der Waals surface area contributed by atoms with Crippen LogP contribution in [0.2, 0.25) is 0 Å². The number of benzene rings is 1. The number of anilines is 1. The molecule has 2 aromatic rings. The van der Waals surface area contributed by atoms with E-state index >= 15 is 0 Å². The van der Waals surface area contributed by atoms with Gasteiger partial charge in [-0.05, 0) is 35.9 Å². The average Bonchev–Trinajstić information content (AvgIpc) is 2.60. The predicted octanol–water partition coefficient (Wildman–Crippen LogP) is 2.42. The van der Waals surface area contributed by atoms with Crippen LogP contribution in [-0.2, 0) is 11.0 Å². The first-order valence-electron chi connectivity index (χ1n) is 7.21. The lowest BCUT2D eigenvalue weighted by molar-refractivity contribution is -0.137. The number of halogens is 3. The zero-order valence-corrected chi connectivity index (χ0v) is 13.6. The molecule has 138 valence electrons. The largest absolute Gasteiger partial charge is 0.493 e. The third kappa shape index (κ3) is 5.36. The van der Waals surface area contributed by atoms with Crippen molar-refractivity contribution in [2.45, 2.75) is 6.18 Å². The maximum Gasteiger partial charge on any atom is 0.417 e. The first-order valence-corrected chi connectivity index (χ1v) is 7.21. The second-order valence-corrected chi connectivity index (χ2v) is 4.97. The van der Waals surface area contributed by atoms with Gasteiger partial charge in [0.15, 0.2) is 18.1 Å². The molecule has 0 aliphatic heterocycles. The molecule has 26 heavy (non-hydrogen) atoms. The number of rotatable bonds is 7. The van der Waals surface area contributed by atoms with Gasteiger partial charge in [0.25, 0.3) is 5.91 Å². The summed E-state index contributed by atoms with van der Waals surface area (Å²) in [6.07, 6.45) is -2.31. The van der Waals surface area contributed by atoms with E-state index in [-0.39, 0.29) is 12.4 Å². The van der Waals surface area contributed by atoms with Crippen molar-refractivity contribution in [2.75, 3.05) is 19.1 Å². The molecule has 0 saturated carbocycles. The lowest BCUT2D eigenvalue weighted by atomic mass is 10.2. The number of hydrogen-bond donors (Lipinski definition) is 2. The zero-order chi connectivity index (χ0) is 19.2. The lowest BCUT2D eigenvalue weighted by Crippen LogP contribution is -2.20. The van der Waals surface area contributed by atoms with Crippen molar-refractivity contribution in [3.05, 3.63) is 47.7 Å². The molecule has 1 amide bonds. The van der Waals surface area contributed by atoms with Crippen LogP contribution < -0.4 is 20.6 Å². The summed E-state index contributed by atoms with van der Waals surface area (Å²) >= 11 is 0. The van der Waals surface area contributed by atoms with Gasteiger partial charge >= 0.3 is 6.18 Å². The number of hydrogen-bond acceptors (Lipinski definition) is 6. The number of pyridine rings is 1. The fourth-order valence-electron chi connectivity index (χ4n) is 1.83. The summed E-state index contributed by atoms with van der Waals surface area (Å²) in [5.41, 5.74) is 7.31. The first-order chi connectivity index (χ1) is 12.3. The summed E-state index contributed by atoms with van der Waals surface area (Å²) in [5, 5.41) is 3.89. The van der Waals surface area contributed by atoms with E-state index in [1.54, 1.807) is 18.2 Å². The van der Waals surface area contributed by atoms with E-state index in [9.17, 15) is 18.0 Å². The predicted molar refractivity (Wildman–Crippen MR) is 88.1 cm³/mol. The number of carbonyl (C=O) groups is 1. The second-order valence-electron chi connectivity index (χ2n) is 4.97. The number of ether oxygens (including phenoxy) is 2. The molecule has 1 aromatic heterocycles. The van der Waals surface area contributed by atoms with Crippen LogP contribution in [0.1, 0.15) is 11.1 Å². The zero-order valence-electron chi connectivity index (χ0n) is 13.6. The van der Waals surface area contributed by atoms with Crippen molar-refractivity contribution < 1.29 is 27.4 Å². The van der Waals surface area contributed by atoms with Crippen molar-refractivity contribution in [3.8, 4) is 11.5 Å². The number of aromatic nitrogens is 1. The average molecular weight is 368 g/mol. The number of amides is 1. The SMILES string of the molecule is COc1cc(/C=N/Nc2ccc(C(F)(F)F)cn2)ccc1OCC(N)=O. The smallest absolute Gasteiger partial charge is 0.417 e. The van der Waals surface area contributed by atoms with Gasteiger partial charge in [0.1, 0.15) is 5.82 Å². The normalized spacial score (nSPS) is 11.4. The summed E-state index contributed by atoms with van der Waals surface area (Å²) in [7, 11) is 1.43. The van der Waals surface area contributed by atoms with Crippen LogP contribution in [0.4, 0.5) is 19.0 Å². The number of nitrogens with one attached hydrogen (secondary N) is 1. The van der Waals surface area contributed by atoms with Crippen LogP contribution in [0.5, 0.6) is 11.5 Å². The fraction of sp³-hybridized carbons (Fsp3) is 0.188. The molecule has 0 spiro atoms. The van der Waals surface area contributed by atoms with Crippen LogP contribution in [0, 0.1) is 0 Å². The highest BCUT2D eigenvalue weighted by molar-refractivity contribution is 5.81. The Morgan fingerprint density at radius 2 is 2.08 bits per heavy atom. The molecule has 10 heteroatoms. The summed E-state index contributed by atoms with van der Waals surface area (Å²) < 4.78 is 47.7. The highest BCUT2D eigenvalue weighted by atomic mass is 19.4. The molecule has 0 aliphatic carbocycles. The monoisotopic (exact) mass is 368 g/mol. The number of nitrogens with zero attached hydrogens (tertiary/aromatic N) is 2. The Kier molecular flexibility index (Phi) is 5.99. The standard InChI is InChI=1S/C16H15F3N4O3/c1-25-13-6-10(2-4-12(13)26-9-14(20)24)7-22-23-15-5-3-11(8-21-15)16(17,18)19/h2-8H,9H2,1H3,(H2,20,24)(H,21,23)/b22-7+. The second kappa shape index (κ2) is 8.19. The van der Waals surface area contributed by atoms with Gasteiger partial charge in [-0.25, -0.2) is 4.98 Å². The number of primary amides is 1. The molecule has 2 rings (SSSR count). The molecule has 1 aromatic carbocycles. The van der Waals surface area contributed by atoms with Gasteiger partial charge in [0.05, 0.1) is 18.9 Å². The lowest BCUT2D eigenvalue weighted by Gasteiger charge is -2.09. The first kappa shape index (κ1) is 19.0. The van der Waals surface area contributed by atoms with E-state index in [2.05, 4.69) is 15.5 Å². The van der Waals surface area contributed by atoms with Crippen LogP contribution in [-0.4, -0.2) is 30.8 Å². The topological polar surface area (TPSA) is 98.8 Å². The van der Waals surface area contributed by atoms with E-state index < -0.39 is 17.6 Å². The van der Waals surface area contributed by atoms with E-state index in [4.69, 9.17) is 15.2 Å². The minimum Gasteiger partial charge on any atom is -0.493 e. The molecule has 0 aliphatic rings. The maximum absolute atomic E-state index is 12.5. The van der Waals surface area contributed by atoms with Gasteiger partial charge in [-0.3, -0.25) is 10.2 Å². The minimum atomic E-state index is -4.44. The molecule has 0 saturated heterocycles. The van der Waals surface area contributed by atoms with Crippen LogP contribution >= 0.6 is 0 Å². The Hall–Kier alpha value is -3.30. The molecule has 1 heterocycles. The van der Waals surface area contributed by atoms with Crippen molar-refractivity contribution in [2.24, 2.45) is 10.8 Å². The Balaban J connectivity index is 2.02. The van der Waals surface area contributed by atoms with Gasteiger partial charge in [0, 0.05) is 6.20 Å². The third-order valence-electron chi connectivity index (χ3n) is 3.04. The van der Waals surface area contributed by atoms with E-state index in [0.29, 0.717) is 23.3 Å². The Morgan fingerprint density at radius 1 is 1.31 bits per heavy atom. The van der Waals surface area contributed by atoms with Crippen molar-refractivity contribution in [1.29, 1.82) is 0 Å². The van der Waals surface area contributed by atoms with Gasteiger partial charge in [-0.15, -0.1) is 0 Å². The Labute approximate surface area is 146 Å². The Morgan fingerprint density at radius 3 is 2.65 bits per heavy atom. The van der Waals surface area contributed by atoms with Crippen LogP contribution in [0.15, 0.2) is 41.6 Å². The summed E-state index contributed by atoms with van der Waals surface area (Å²) in [6, 6.07) is 6.88. The molecule has 0 bridgehead atoms. The van der Waals surface area contributed by atoms with E-state index in [1.165, 1.54) is 19.4 Å².